The fourth-order valence-electron chi connectivity index (χ4n) is 3.88. The Bertz CT molecular complexity index is 997. The zero-order valence-corrected chi connectivity index (χ0v) is 19.5. The lowest BCUT2D eigenvalue weighted by atomic mass is 9.87. The molecule has 0 aromatic carbocycles. The Morgan fingerprint density at radius 3 is 2.58 bits per heavy atom. The fourth-order valence-corrected chi connectivity index (χ4v) is 5.45. The van der Waals surface area contributed by atoms with E-state index < -0.39 is 5.91 Å². The second-order valence-electron chi connectivity index (χ2n) is 8.28. The van der Waals surface area contributed by atoms with Gasteiger partial charge in [-0.25, -0.2) is 4.98 Å². The first-order valence-electron chi connectivity index (χ1n) is 11.0. The summed E-state index contributed by atoms with van der Waals surface area (Å²) in [6.45, 7) is 4.82. The van der Waals surface area contributed by atoms with Gasteiger partial charge in [0.2, 0.25) is 11.9 Å². The van der Waals surface area contributed by atoms with Crippen molar-refractivity contribution in [3.63, 3.8) is 0 Å². The Hall–Kier alpha value is -2.23. The molecule has 9 heteroatoms. The normalized spacial score (nSPS) is 20.8. The maximum atomic E-state index is 11.3. The molecule has 0 atom stereocenters. The van der Waals surface area contributed by atoms with Crippen LogP contribution >= 0.6 is 22.7 Å². The molecule has 5 N–H and O–H groups in total. The van der Waals surface area contributed by atoms with E-state index in [1.54, 1.807) is 22.8 Å². The molecule has 4 heterocycles. The van der Waals surface area contributed by atoms with Crippen LogP contribution in [0.25, 0.3) is 10.2 Å². The van der Waals surface area contributed by atoms with E-state index in [1.807, 2.05) is 11.4 Å². The number of hydrogen-bond acceptors (Lipinski definition) is 8. The van der Waals surface area contributed by atoms with Gasteiger partial charge in [-0.2, -0.15) is 4.98 Å². The van der Waals surface area contributed by atoms with Crippen molar-refractivity contribution in [3.8, 4) is 0 Å². The lowest BCUT2D eigenvalue weighted by Gasteiger charge is -2.27. The molecule has 31 heavy (non-hydrogen) atoms. The second-order valence-corrected chi connectivity index (χ2v) is 10.1. The maximum absolute atomic E-state index is 11.3. The molecule has 5 rings (SSSR count). The van der Waals surface area contributed by atoms with Crippen molar-refractivity contribution in [1.82, 2.24) is 15.3 Å². The molecule has 3 aromatic rings. The second kappa shape index (κ2) is 10.4. The summed E-state index contributed by atoms with van der Waals surface area (Å²) in [5.74, 6) is 1.80. The highest BCUT2D eigenvalue weighted by atomic mass is 32.1. The van der Waals surface area contributed by atoms with Gasteiger partial charge in [0.05, 0.1) is 20.8 Å². The molecule has 1 saturated carbocycles. The summed E-state index contributed by atoms with van der Waals surface area (Å²) in [4.78, 5) is 20.6. The first kappa shape index (κ1) is 22.0. The van der Waals surface area contributed by atoms with Crippen LogP contribution in [-0.2, 0) is 0 Å². The number of primary amides is 1. The minimum Gasteiger partial charge on any atom is -0.366 e. The maximum Gasteiger partial charge on any atom is 0.249 e. The minimum atomic E-state index is -0.433. The van der Waals surface area contributed by atoms with E-state index in [4.69, 9.17) is 10.7 Å². The molecule has 1 saturated heterocycles. The first-order chi connectivity index (χ1) is 15.1. The van der Waals surface area contributed by atoms with Crippen molar-refractivity contribution >= 4 is 55.6 Å². The number of nitrogens with two attached hydrogens (primary N) is 1. The Kier molecular flexibility index (Phi) is 7.37. The molecule has 2 fully saturated rings. The quantitative estimate of drug-likeness (QED) is 0.431. The molecule has 7 nitrogen and oxygen atoms in total. The topological polar surface area (TPSA) is 105 Å². The van der Waals surface area contributed by atoms with E-state index in [9.17, 15) is 4.79 Å². The molecular formula is C22H30N6OS2. The highest BCUT2D eigenvalue weighted by Crippen LogP contribution is 2.32. The molecule has 0 radical (unpaired) electrons. The highest BCUT2D eigenvalue weighted by Gasteiger charge is 2.20. The summed E-state index contributed by atoms with van der Waals surface area (Å²) in [6.07, 6.45) is 7.64. The third-order valence-electron chi connectivity index (χ3n) is 5.74. The number of carbonyl (C=O) groups excluding carboxylic acids is 1. The van der Waals surface area contributed by atoms with Gasteiger partial charge in [0, 0.05) is 11.4 Å². The van der Waals surface area contributed by atoms with Gasteiger partial charge in [-0.3, -0.25) is 4.79 Å². The summed E-state index contributed by atoms with van der Waals surface area (Å²) in [5, 5.41) is 14.6. The number of amides is 1. The zero-order chi connectivity index (χ0) is 21.6. The van der Waals surface area contributed by atoms with Crippen LogP contribution in [0.15, 0.2) is 22.9 Å². The summed E-state index contributed by atoms with van der Waals surface area (Å²) in [7, 11) is 0. The van der Waals surface area contributed by atoms with Crippen molar-refractivity contribution < 1.29 is 4.79 Å². The van der Waals surface area contributed by atoms with E-state index in [1.165, 1.54) is 63.0 Å². The molecule has 1 aliphatic heterocycles. The van der Waals surface area contributed by atoms with Gasteiger partial charge in [-0.15, -0.1) is 22.7 Å². The summed E-state index contributed by atoms with van der Waals surface area (Å²) in [6, 6.07) is 4.19. The predicted octanol–water partition coefficient (Wildman–Crippen LogP) is 4.96. The monoisotopic (exact) mass is 458 g/mol. The smallest absolute Gasteiger partial charge is 0.249 e. The van der Waals surface area contributed by atoms with Gasteiger partial charge in [0.1, 0.15) is 5.82 Å². The minimum absolute atomic E-state index is 0.433. The molecular weight excluding hydrogens is 428 g/mol. The van der Waals surface area contributed by atoms with Gasteiger partial charge >= 0.3 is 0 Å². The average Bonchev–Trinajstić information content (AvgIpc) is 3.53. The van der Waals surface area contributed by atoms with Gasteiger partial charge < -0.3 is 21.7 Å². The Morgan fingerprint density at radius 1 is 1.16 bits per heavy atom. The van der Waals surface area contributed by atoms with Gasteiger partial charge in [-0.05, 0) is 75.0 Å². The van der Waals surface area contributed by atoms with Gasteiger partial charge in [0.15, 0.2) is 0 Å². The van der Waals surface area contributed by atoms with Crippen molar-refractivity contribution in [2.75, 3.05) is 23.7 Å². The molecule has 0 bridgehead atoms. The number of nitrogens with one attached hydrogen (secondary N) is 3. The lowest BCUT2D eigenvalue weighted by molar-refractivity contribution is 0.100. The molecule has 0 unspecified atom stereocenters. The number of anilines is 3. The van der Waals surface area contributed by atoms with Gasteiger partial charge in [0.25, 0.3) is 0 Å². The van der Waals surface area contributed by atoms with Gasteiger partial charge in [-0.1, -0.05) is 6.92 Å². The molecule has 2 aliphatic rings. The SMILES string of the molecule is C1CCNC1.CC1CCC(Nc2nc(Nc3cc(C(N)=O)cs3)nc3ccsc23)CC1. The van der Waals surface area contributed by atoms with E-state index >= 15 is 0 Å². The largest absolute Gasteiger partial charge is 0.366 e. The summed E-state index contributed by atoms with van der Waals surface area (Å²) >= 11 is 3.06. The third kappa shape index (κ3) is 5.93. The summed E-state index contributed by atoms with van der Waals surface area (Å²) < 4.78 is 1.08. The van der Waals surface area contributed by atoms with Crippen LogP contribution in [0.5, 0.6) is 0 Å². The van der Waals surface area contributed by atoms with Crippen molar-refractivity contribution in [3.05, 3.63) is 28.5 Å². The number of nitrogens with zero attached hydrogens (tertiary/aromatic N) is 2. The zero-order valence-electron chi connectivity index (χ0n) is 17.8. The number of fused-ring (bicyclic) bond motifs is 1. The highest BCUT2D eigenvalue weighted by molar-refractivity contribution is 7.17. The number of hydrogen-bond donors (Lipinski definition) is 4. The first-order valence-corrected chi connectivity index (χ1v) is 12.7. The van der Waals surface area contributed by atoms with E-state index in [-0.39, 0.29) is 0 Å². The molecule has 1 aliphatic carbocycles. The molecule has 0 spiro atoms. The van der Waals surface area contributed by atoms with Crippen LogP contribution < -0.4 is 21.7 Å². The van der Waals surface area contributed by atoms with Crippen LogP contribution in [0.4, 0.5) is 16.8 Å². The average molecular weight is 459 g/mol. The van der Waals surface area contributed by atoms with Crippen molar-refractivity contribution in [2.45, 2.75) is 51.5 Å². The van der Waals surface area contributed by atoms with E-state index in [0.29, 0.717) is 17.6 Å². The van der Waals surface area contributed by atoms with Crippen molar-refractivity contribution in [2.24, 2.45) is 11.7 Å². The van der Waals surface area contributed by atoms with Crippen LogP contribution in [0.3, 0.4) is 0 Å². The summed E-state index contributed by atoms with van der Waals surface area (Å²) in [5.41, 5.74) is 6.73. The fraction of sp³-hybridized carbons (Fsp3) is 0.500. The van der Waals surface area contributed by atoms with Crippen LogP contribution in [0, 0.1) is 5.92 Å². The molecule has 1 amide bonds. The lowest BCUT2D eigenvalue weighted by Crippen LogP contribution is -2.25. The Morgan fingerprint density at radius 2 is 1.94 bits per heavy atom. The van der Waals surface area contributed by atoms with Crippen LogP contribution in [0.2, 0.25) is 0 Å². The Labute approximate surface area is 190 Å². The van der Waals surface area contributed by atoms with Crippen LogP contribution in [-0.4, -0.2) is 35.0 Å². The Balaban J connectivity index is 0.000000407. The number of thiophene rings is 2. The van der Waals surface area contributed by atoms with E-state index in [0.717, 1.165) is 27.0 Å². The number of carbonyl (C=O) groups is 1. The van der Waals surface area contributed by atoms with Crippen molar-refractivity contribution in [1.29, 1.82) is 0 Å². The van der Waals surface area contributed by atoms with Crippen LogP contribution in [0.1, 0.15) is 55.8 Å². The number of aromatic nitrogens is 2. The van der Waals surface area contributed by atoms with E-state index in [2.05, 4.69) is 27.9 Å². The third-order valence-corrected chi connectivity index (χ3v) is 7.49. The predicted molar refractivity (Wildman–Crippen MR) is 131 cm³/mol. The molecule has 3 aromatic heterocycles. The standard InChI is InChI=1S/C18H21N5OS2.C4H9N/c1-10-2-4-12(5-3-10)20-17-15-13(6-7-25-15)21-18(23-17)22-14-8-11(9-26-14)16(19)24;1-2-4-5-3-1/h6-10,12H,2-5H2,1H3,(H2,19,24)(H2,20,21,22,23);5H,1-4H2. The number of rotatable bonds is 5. The molecule has 166 valence electrons.